The van der Waals surface area contributed by atoms with Crippen LogP contribution >= 0.6 is 0 Å². The van der Waals surface area contributed by atoms with E-state index in [-0.39, 0.29) is 23.5 Å². The molecule has 1 heterocycles. The summed E-state index contributed by atoms with van der Waals surface area (Å²) in [7, 11) is -2.88. The van der Waals surface area contributed by atoms with Crippen molar-refractivity contribution >= 4 is 15.7 Å². The number of unbranched alkanes of at least 4 members (excludes halogenated alkanes) is 2. The van der Waals surface area contributed by atoms with Gasteiger partial charge in [0.05, 0.1) is 18.1 Å². The molecule has 0 spiro atoms. The van der Waals surface area contributed by atoms with Crippen molar-refractivity contribution in [3.05, 3.63) is 0 Å². The Hall–Kier alpha value is -0.620. The number of carbonyl (C=O) groups is 1. The van der Waals surface area contributed by atoms with Crippen molar-refractivity contribution in [1.29, 1.82) is 0 Å². The van der Waals surface area contributed by atoms with Gasteiger partial charge in [0.2, 0.25) is 5.91 Å². The molecule has 1 atom stereocenters. The summed E-state index contributed by atoms with van der Waals surface area (Å²) >= 11 is 0. The summed E-state index contributed by atoms with van der Waals surface area (Å²) in [6.07, 6.45) is 3.92. The van der Waals surface area contributed by atoms with Crippen LogP contribution in [0.5, 0.6) is 0 Å². The molecule has 0 bridgehead atoms. The summed E-state index contributed by atoms with van der Waals surface area (Å²) in [6.45, 7) is 5.83. The molecule has 0 radical (unpaired) electrons. The summed E-state index contributed by atoms with van der Waals surface area (Å²) in [5.41, 5.74) is 0. The first-order valence-electron chi connectivity index (χ1n) is 7.19. The van der Waals surface area contributed by atoms with E-state index in [4.69, 9.17) is 0 Å². The summed E-state index contributed by atoms with van der Waals surface area (Å²) < 4.78 is 22.9. The van der Waals surface area contributed by atoms with Gasteiger partial charge in [0.15, 0.2) is 9.84 Å². The van der Waals surface area contributed by atoms with Crippen LogP contribution in [0.2, 0.25) is 0 Å². The zero-order valence-electron chi connectivity index (χ0n) is 12.0. The molecule has 19 heavy (non-hydrogen) atoms. The van der Waals surface area contributed by atoms with Crippen LogP contribution in [0.3, 0.4) is 0 Å². The van der Waals surface area contributed by atoms with Crippen LogP contribution in [0.4, 0.5) is 0 Å². The first-order chi connectivity index (χ1) is 8.98. The fourth-order valence-corrected chi connectivity index (χ4v) is 4.17. The molecule has 6 heteroatoms. The summed E-state index contributed by atoms with van der Waals surface area (Å²) in [6, 6.07) is 0.0105. The summed E-state index contributed by atoms with van der Waals surface area (Å²) in [5, 5.41) is 2.90. The van der Waals surface area contributed by atoms with Gasteiger partial charge in [0, 0.05) is 12.6 Å². The van der Waals surface area contributed by atoms with Crippen LogP contribution in [-0.2, 0) is 14.6 Å². The van der Waals surface area contributed by atoms with E-state index in [1.807, 2.05) is 11.8 Å². The molecule has 0 aromatic carbocycles. The number of nitrogens with zero attached hydrogens (tertiary/aromatic N) is 1. The number of sulfone groups is 1. The average Bonchev–Trinajstić information content (AvgIpc) is 2.72. The van der Waals surface area contributed by atoms with Crippen LogP contribution < -0.4 is 5.32 Å². The van der Waals surface area contributed by atoms with E-state index in [9.17, 15) is 13.2 Å². The molecule has 0 aromatic heterocycles. The molecule has 1 fully saturated rings. The largest absolute Gasteiger partial charge is 0.355 e. The fraction of sp³-hybridized carbons (Fsp3) is 0.923. The van der Waals surface area contributed by atoms with Crippen molar-refractivity contribution in [2.75, 3.05) is 31.1 Å². The smallest absolute Gasteiger partial charge is 0.234 e. The minimum absolute atomic E-state index is 0.00208. The molecule has 1 aliphatic heterocycles. The van der Waals surface area contributed by atoms with Crippen molar-refractivity contribution in [2.45, 2.75) is 45.6 Å². The number of likely N-dealkylation sites (N-methyl/N-ethyl adjacent to an activating group) is 1. The molecule has 1 saturated heterocycles. The second-order valence-corrected chi connectivity index (χ2v) is 7.41. The van der Waals surface area contributed by atoms with Crippen molar-refractivity contribution in [2.24, 2.45) is 0 Å². The van der Waals surface area contributed by atoms with Gasteiger partial charge in [-0.15, -0.1) is 0 Å². The lowest BCUT2D eigenvalue weighted by Gasteiger charge is -2.25. The number of carbonyl (C=O) groups excluding carboxylic acids is 1. The highest BCUT2D eigenvalue weighted by Gasteiger charge is 2.32. The summed E-state index contributed by atoms with van der Waals surface area (Å²) in [4.78, 5) is 13.8. The third-order valence-corrected chi connectivity index (χ3v) is 5.33. The van der Waals surface area contributed by atoms with E-state index in [2.05, 4.69) is 12.2 Å². The van der Waals surface area contributed by atoms with Gasteiger partial charge in [0.25, 0.3) is 0 Å². The molecule has 1 aliphatic rings. The molecule has 5 nitrogen and oxygen atoms in total. The first-order valence-corrected chi connectivity index (χ1v) is 9.01. The monoisotopic (exact) mass is 290 g/mol. The highest BCUT2D eigenvalue weighted by atomic mass is 32.2. The SMILES string of the molecule is CCCCCNC(=O)CN(CC)C1CCS(=O)(=O)C1. The highest BCUT2D eigenvalue weighted by molar-refractivity contribution is 7.91. The molecular formula is C13H26N2O3S. The lowest BCUT2D eigenvalue weighted by Crippen LogP contribution is -2.43. The first kappa shape index (κ1) is 16.4. The van der Waals surface area contributed by atoms with E-state index in [1.54, 1.807) is 0 Å². The van der Waals surface area contributed by atoms with E-state index < -0.39 is 9.84 Å². The fourth-order valence-electron chi connectivity index (χ4n) is 2.41. The van der Waals surface area contributed by atoms with Crippen molar-refractivity contribution < 1.29 is 13.2 Å². The Morgan fingerprint density at radius 2 is 2.05 bits per heavy atom. The Bertz CT molecular complexity index is 381. The molecule has 0 saturated carbocycles. The molecule has 0 aromatic rings. The third kappa shape index (κ3) is 5.91. The Morgan fingerprint density at radius 3 is 2.58 bits per heavy atom. The normalized spacial score (nSPS) is 21.7. The van der Waals surface area contributed by atoms with Gasteiger partial charge >= 0.3 is 0 Å². The average molecular weight is 290 g/mol. The van der Waals surface area contributed by atoms with Crippen molar-refractivity contribution in [1.82, 2.24) is 10.2 Å². The zero-order valence-corrected chi connectivity index (χ0v) is 12.8. The minimum atomic E-state index is -2.88. The van der Waals surface area contributed by atoms with Gasteiger partial charge in [-0.2, -0.15) is 0 Å². The topological polar surface area (TPSA) is 66.5 Å². The second-order valence-electron chi connectivity index (χ2n) is 5.18. The Labute approximate surface area is 116 Å². The predicted octanol–water partition coefficient (Wildman–Crippen LogP) is 0.802. The van der Waals surface area contributed by atoms with Crippen molar-refractivity contribution in [3.63, 3.8) is 0 Å². The van der Waals surface area contributed by atoms with Crippen LogP contribution in [0.1, 0.15) is 39.5 Å². The van der Waals surface area contributed by atoms with Gasteiger partial charge in [0.1, 0.15) is 0 Å². The van der Waals surface area contributed by atoms with Crippen LogP contribution in [0, 0.1) is 0 Å². The number of amides is 1. The molecule has 112 valence electrons. The van der Waals surface area contributed by atoms with Gasteiger partial charge in [-0.1, -0.05) is 26.7 Å². The Balaban J connectivity index is 2.34. The third-order valence-electron chi connectivity index (χ3n) is 3.58. The number of hydrogen-bond donors (Lipinski definition) is 1. The lowest BCUT2D eigenvalue weighted by molar-refractivity contribution is -0.122. The number of nitrogens with one attached hydrogen (secondary N) is 1. The predicted molar refractivity (Wildman–Crippen MR) is 76.8 cm³/mol. The van der Waals surface area contributed by atoms with E-state index in [0.717, 1.165) is 19.3 Å². The van der Waals surface area contributed by atoms with Gasteiger partial charge in [-0.05, 0) is 19.4 Å². The van der Waals surface area contributed by atoms with E-state index in [1.165, 1.54) is 0 Å². The molecule has 1 N–H and O–H groups in total. The molecule has 1 amide bonds. The molecule has 1 unspecified atom stereocenters. The summed E-state index contributed by atoms with van der Waals surface area (Å²) in [5.74, 6) is 0.457. The maximum Gasteiger partial charge on any atom is 0.234 e. The lowest BCUT2D eigenvalue weighted by atomic mass is 10.2. The Kier molecular flexibility index (Phi) is 6.79. The van der Waals surface area contributed by atoms with E-state index in [0.29, 0.717) is 26.1 Å². The molecule has 1 rings (SSSR count). The van der Waals surface area contributed by atoms with Crippen LogP contribution in [0.25, 0.3) is 0 Å². The number of rotatable bonds is 8. The maximum absolute atomic E-state index is 11.8. The van der Waals surface area contributed by atoms with Crippen LogP contribution in [-0.4, -0.2) is 56.4 Å². The van der Waals surface area contributed by atoms with Crippen LogP contribution in [0.15, 0.2) is 0 Å². The Morgan fingerprint density at radius 1 is 1.32 bits per heavy atom. The van der Waals surface area contributed by atoms with Gasteiger partial charge < -0.3 is 5.32 Å². The number of hydrogen-bond acceptors (Lipinski definition) is 4. The molecule has 0 aliphatic carbocycles. The minimum Gasteiger partial charge on any atom is -0.355 e. The molecular weight excluding hydrogens is 264 g/mol. The standard InChI is InChI=1S/C13H26N2O3S/c1-3-5-6-8-14-13(16)10-15(4-2)12-7-9-19(17,18)11-12/h12H,3-11H2,1-2H3,(H,14,16). The van der Waals surface area contributed by atoms with Gasteiger partial charge in [-0.3, -0.25) is 9.69 Å². The quantitative estimate of drug-likeness (QED) is 0.672. The second kappa shape index (κ2) is 7.85. The highest BCUT2D eigenvalue weighted by Crippen LogP contribution is 2.17. The van der Waals surface area contributed by atoms with E-state index >= 15 is 0 Å². The van der Waals surface area contributed by atoms with Gasteiger partial charge in [-0.25, -0.2) is 8.42 Å². The maximum atomic E-state index is 11.8. The van der Waals surface area contributed by atoms with Crippen molar-refractivity contribution in [3.8, 4) is 0 Å². The zero-order chi connectivity index (χ0) is 14.3.